The molecule has 2 fully saturated rings. The van der Waals surface area contributed by atoms with Gasteiger partial charge in [-0.05, 0) is 24.6 Å². The monoisotopic (exact) mass is 369 g/mol. The zero-order valence-electron chi connectivity index (χ0n) is 14.8. The fourth-order valence-electron chi connectivity index (χ4n) is 4.96. The highest BCUT2D eigenvalue weighted by molar-refractivity contribution is 5.92. The Morgan fingerprint density at radius 1 is 1.37 bits per heavy atom. The highest BCUT2D eigenvalue weighted by Crippen LogP contribution is 2.56. The fourth-order valence-corrected chi connectivity index (χ4v) is 4.96. The molecule has 140 valence electrons. The summed E-state index contributed by atoms with van der Waals surface area (Å²) in [7, 11) is 0. The van der Waals surface area contributed by atoms with Crippen LogP contribution in [0, 0.1) is 11.8 Å². The van der Waals surface area contributed by atoms with E-state index >= 15 is 0 Å². The first-order valence-electron chi connectivity index (χ1n) is 8.87. The zero-order valence-corrected chi connectivity index (χ0v) is 14.8. The number of aliphatic carboxylic acids is 1. The van der Waals surface area contributed by atoms with Gasteiger partial charge in [0.1, 0.15) is 11.5 Å². The molecule has 4 aliphatic heterocycles. The SMILES string of the molecule is C=C(C)C1N(Cc2ccc3c(c2)OCO3)C(=O)[C@H]2C(C(=O)O)[C@@H]3C=C[C@]12O3. The van der Waals surface area contributed by atoms with E-state index in [1.54, 1.807) is 11.0 Å². The lowest BCUT2D eigenvalue weighted by Gasteiger charge is -2.33. The normalized spacial score (nSPS) is 35.0. The summed E-state index contributed by atoms with van der Waals surface area (Å²) in [6.45, 7) is 6.41. The van der Waals surface area contributed by atoms with E-state index in [1.165, 1.54) is 0 Å². The Labute approximate surface area is 155 Å². The topological polar surface area (TPSA) is 85.3 Å². The average Bonchev–Trinajstić information content (AvgIpc) is 3.35. The van der Waals surface area contributed by atoms with Crippen molar-refractivity contribution in [1.82, 2.24) is 4.90 Å². The van der Waals surface area contributed by atoms with Gasteiger partial charge in [-0.2, -0.15) is 0 Å². The van der Waals surface area contributed by atoms with Crippen molar-refractivity contribution in [2.45, 2.75) is 31.2 Å². The van der Waals surface area contributed by atoms with Crippen LogP contribution in [0.3, 0.4) is 0 Å². The minimum absolute atomic E-state index is 0.182. The third-order valence-electron chi connectivity index (χ3n) is 5.92. The van der Waals surface area contributed by atoms with Crippen molar-refractivity contribution in [2.75, 3.05) is 6.79 Å². The maximum atomic E-state index is 13.3. The first kappa shape index (κ1) is 16.4. The number of ether oxygens (including phenoxy) is 3. The molecule has 1 aromatic rings. The fraction of sp³-hybridized carbons (Fsp3) is 0.400. The van der Waals surface area contributed by atoms with Crippen LogP contribution in [-0.2, 0) is 20.9 Å². The van der Waals surface area contributed by atoms with Gasteiger partial charge in [0.15, 0.2) is 11.5 Å². The Kier molecular flexibility index (Phi) is 3.25. The van der Waals surface area contributed by atoms with E-state index in [4.69, 9.17) is 14.2 Å². The average molecular weight is 369 g/mol. The van der Waals surface area contributed by atoms with Crippen molar-refractivity contribution in [3.05, 3.63) is 48.1 Å². The predicted octanol–water partition coefficient (Wildman–Crippen LogP) is 1.73. The summed E-state index contributed by atoms with van der Waals surface area (Å²) in [5, 5.41) is 9.67. The van der Waals surface area contributed by atoms with Crippen molar-refractivity contribution in [1.29, 1.82) is 0 Å². The van der Waals surface area contributed by atoms with Crippen LogP contribution in [0.25, 0.3) is 0 Å². The molecule has 7 heteroatoms. The minimum atomic E-state index is -1.00. The van der Waals surface area contributed by atoms with Gasteiger partial charge in [-0.3, -0.25) is 9.59 Å². The smallest absolute Gasteiger partial charge is 0.310 e. The molecular weight excluding hydrogens is 350 g/mol. The Bertz CT molecular complexity index is 908. The second-order valence-corrected chi connectivity index (χ2v) is 7.54. The molecule has 4 aliphatic rings. The van der Waals surface area contributed by atoms with Gasteiger partial charge in [0.2, 0.25) is 12.7 Å². The van der Waals surface area contributed by atoms with Gasteiger partial charge >= 0.3 is 5.97 Å². The van der Waals surface area contributed by atoms with E-state index < -0.39 is 35.6 Å². The van der Waals surface area contributed by atoms with E-state index in [0.29, 0.717) is 18.0 Å². The lowest BCUT2D eigenvalue weighted by Crippen LogP contribution is -2.45. The number of carboxylic acids is 1. The van der Waals surface area contributed by atoms with Crippen LogP contribution in [-0.4, -0.2) is 46.4 Å². The standard InChI is InChI=1S/C20H19NO6/c1-10(2)17-20-6-5-13(27-20)15(19(23)24)16(20)18(22)21(17)8-11-3-4-12-14(7-11)26-9-25-12/h3-7,13,15-17H,1,8-9H2,2H3,(H,23,24)/t13-,15?,16+,17?,20+/m0/s1. The van der Waals surface area contributed by atoms with E-state index in [2.05, 4.69) is 6.58 Å². The molecule has 1 amide bonds. The van der Waals surface area contributed by atoms with Gasteiger partial charge in [0.25, 0.3) is 0 Å². The second kappa shape index (κ2) is 5.36. The number of likely N-dealkylation sites (tertiary alicyclic amines) is 1. The van der Waals surface area contributed by atoms with Crippen molar-refractivity contribution in [3.63, 3.8) is 0 Å². The van der Waals surface area contributed by atoms with Gasteiger partial charge in [-0.1, -0.05) is 30.4 Å². The van der Waals surface area contributed by atoms with Crippen molar-refractivity contribution in [2.24, 2.45) is 11.8 Å². The molecule has 0 aromatic heterocycles. The summed E-state index contributed by atoms with van der Waals surface area (Å²) in [5.74, 6) is -1.50. The summed E-state index contributed by atoms with van der Waals surface area (Å²) < 4.78 is 16.8. The molecule has 2 saturated heterocycles. The lowest BCUT2D eigenvalue weighted by molar-refractivity contribution is -0.148. The quantitative estimate of drug-likeness (QED) is 0.814. The van der Waals surface area contributed by atoms with E-state index in [0.717, 1.165) is 11.1 Å². The molecule has 4 heterocycles. The number of hydrogen-bond donors (Lipinski definition) is 1. The number of carbonyl (C=O) groups excluding carboxylic acids is 1. The third kappa shape index (κ3) is 2.06. The number of nitrogens with zero attached hydrogens (tertiary/aromatic N) is 1. The summed E-state index contributed by atoms with van der Waals surface area (Å²) in [5.41, 5.74) is 0.691. The van der Waals surface area contributed by atoms with Crippen molar-refractivity contribution >= 4 is 11.9 Å². The van der Waals surface area contributed by atoms with Crippen LogP contribution in [0.1, 0.15) is 12.5 Å². The Morgan fingerprint density at radius 2 is 2.15 bits per heavy atom. The number of hydrogen-bond acceptors (Lipinski definition) is 5. The van der Waals surface area contributed by atoms with Crippen LogP contribution in [0.15, 0.2) is 42.5 Å². The molecule has 0 aliphatic carbocycles. The molecule has 1 N–H and O–H groups in total. The van der Waals surface area contributed by atoms with Gasteiger partial charge in [-0.15, -0.1) is 0 Å². The third-order valence-corrected chi connectivity index (χ3v) is 5.92. The molecule has 0 radical (unpaired) electrons. The maximum Gasteiger partial charge on any atom is 0.310 e. The number of benzene rings is 1. The van der Waals surface area contributed by atoms with Crippen LogP contribution in [0.2, 0.25) is 0 Å². The molecule has 0 saturated carbocycles. The highest BCUT2D eigenvalue weighted by Gasteiger charge is 2.71. The van der Waals surface area contributed by atoms with E-state index in [9.17, 15) is 14.7 Å². The van der Waals surface area contributed by atoms with Crippen molar-refractivity contribution < 1.29 is 28.9 Å². The highest BCUT2D eigenvalue weighted by atomic mass is 16.7. The first-order valence-corrected chi connectivity index (χ1v) is 8.87. The molecule has 7 nitrogen and oxygen atoms in total. The van der Waals surface area contributed by atoms with E-state index in [-0.39, 0.29) is 12.7 Å². The maximum absolute atomic E-state index is 13.3. The Balaban J connectivity index is 1.53. The Morgan fingerprint density at radius 3 is 2.89 bits per heavy atom. The molecule has 2 bridgehead atoms. The van der Waals surface area contributed by atoms with Crippen LogP contribution in [0.4, 0.5) is 0 Å². The molecule has 5 atom stereocenters. The molecule has 1 spiro atoms. The number of carbonyl (C=O) groups is 2. The summed E-state index contributed by atoms with van der Waals surface area (Å²) in [6, 6.07) is 5.13. The molecule has 27 heavy (non-hydrogen) atoms. The predicted molar refractivity (Wildman–Crippen MR) is 93.1 cm³/mol. The second-order valence-electron chi connectivity index (χ2n) is 7.54. The molecule has 1 aromatic carbocycles. The van der Waals surface area contributed by atoms with Gasteiger partial charge < -0.3 is 24.2 Å². The molecule has 2 unspecified atom stereocenters. The summed E-state index contributed by atoms with van der Waals surface area (Å²) in [6.07, 6.45) is 3.06. The lowest BCUT2D eigenvalue weighted by atomic mass is 9.74. The van der Waals surface area contributed by atoms with Gasteiger partial charge in [-0.25, -0.2) is 0 Å². The number of fused-ring (bicyclic) bond motifs is 2. The van der Waals surface area contributed by atoms with Crippen molar-refractivity contribution in [3.8, 4) is 11.5 Å². The van der Waals surface area contributed by atoms with Gasteiger partial charge in [0.05, 0.1) is 18.1 Å². The minimum Gasteiger partial charge on any atom is -0.481 e. The first-order chi connectivity index (χ1) is 12.9. The number of carboxylic acid groups (broad SMARTS) is 1. The number of rotatable bonds is 4. The zero-order chi connectivity index (χ0) is 18.9. The molecule has 5 rings (SSSR count). The van der Waals surface area contributed by atoms with Crippen LogP contribution in [0.5, 0.6) is 11.5 Å². The molecular formula is C20H19NO6. The van der Waals surface area contributed by atoms with Crippen LogP contribution < -0.4 is 9.47 Å². The van der Waals surface area contributed by atoms with E-state index in [1.807, 2.05) is 31.2 Å². The summed E-state index contributed by atoms with van der Waals surface area (Å²) >= 11 is 0. The van der Waals surface area contributed by atoms with Gasteiger partial charge in [0, 0.05) is 6.54 Å². The number of amides is 1. The Hall–Kier alpha value is -2.80. The summed E-state index contributed by atoms with van der Waals surface area (Å²) in [4.78, 5) is 26.8. The largest absolute Gasteiger partial charge is 0.481 e. The van der Waals surface area contributed by atoms with Crippen LogP contribution >= 0.6 is 0 Å².